The van der Waals surface area contributed by atoms with Gasteiger partial charge >= 0.3 is 5.97 Å². The Morgan fingerprint density at radius 1 is 1.28 bits per heavy atom. The monoisotopic (exact) mass is 254 g/mol. The Bertz CT molecular complexity index is 275. The highest BCUT2D eigenvalue weighted by molar-refractivity contribution is 5.66. The van der Waals surface area contributed by atoms with Crippen molar-refractivity contribution in [3.05, 3.63) is 0 Å². The van der Waals surface area contributed by atoms with Crippen molar-refractivity contribution < 1.29 is 9.53 Å². The molecular weight excluding hydrogens is 228 g/mol. The van der Waals surface area contributed by atoms with E-state index in [2.05, 4.69) is 4.90 Å². The van der Waals surface area contributed by atoms with Crippen LogP contribution in [0.1, 0.15) is 45.4 Å². The van der Waals surface area contributed by atoms with E-state index in [9.17, 15) is 4.79 Å². The van der Waals surface area contributed by atoms with Crippen LogP contribution in [0.2, 0.25) is 0 Å². The number of nitrogens with two attached hydrogens (primary N) is 1. The van der Waals surface area contributed by atoms with Gasteiger partial charge in [0.05, 0.1) is 0 Å². The van der Waals surface area contributed by atoms with E-state index >= 15 is 0 Å². The van der Waals surface area contributed by atoms with Crippen LogP contribution in [0.15, 0.2) is 0 Å². The number of piperidine rings is 1. The van der Waals surface area contributed by atoms with Gasteiger partial charge in [-0.05, 0) is 57.5 Å². The molecule has 1 aliphatic heterocycles. The summed E-state index contributed by atoms with van der Waals surface area (Å²) in [6.45, 7) is 4.43. The molecule has 4 nitrogen and oxygen atoms in total. The largest absolute Gasteiger partial charge is 0.461 e. The Balaban J connectivity index is 1.80. The maximum Gasteiger partial charge on any atom is 0.302 e. The molecule has 1 saturated heterocycles. The molecule has 2 rings (SSSR count). The predicted octanol–water partition coefficient (Wildman–Crippen LogP) is 1.53. The van der Waals surface area contributed by atoms with E-state index in [-0.39, 0.29) is 12.1 Å². The van der Waals surface area contributed by atoms with Gasteiger partial charge in [0.15, 0.2) is 0 Å². The van der Waals surface area contributed by atoms with Crippen LogP contribution >= 0.6 is 0 Å². The number of esters is 1. The normalized spacial score (nSPS) is 34.2. The highest BCUT2D eigenvalue weighted by Gasteiger charge is 2.30. The topological polar surface area (TPSA) is 55.6 Å². The fraction of sp³-hybridized carbons (Fsp3) is 0.929. The minimum atomic E-state index is -0.145. The summed E-state index contributed by atoms with van der Waals surface area (Å²) < 4.78 is 5.35. The second-order valence-corrected chi connectivity index (χ2v) is 5.78. The molecule has 4 heteroatoms. The molecule has 0 aromatic carbocycles. The van der Waals surface area contributed by atoms with Crippen molar-refractivity contribution in [3.63, 3.8) is 0 Å². The van der Waals surface area contributed by atoms with E-state index in [0.29, 0.717) is 6.04 Å². The summed E-state index contributed by atoms with van der Waals surface area (Å²) in [4.78, 5) is 13.6. The first-order valence-corrected chi connectivity index (χ1v) is 7.30. The first-order chi connectivity index (χ1) is 8.69. The van der Waals surface area contributed by atoms with Gasteiger partial charge in [-0.2, -0.15) is 0 Å². The van der Waals surface area contributed by atoms with E-state index in [1.165, 1.54) is 32.6 Å². The van der Waals surface area contributed by atoms with Gasteiger partial charge in [0, 0.05) is 19.5 Å². The summed E-state index contributed by atoms with van der Waals surface area (Å²) in [5.74, 6) is 0.587. The molecule has 1 heterocycles. The molecule has 0 radical (unpaired) electrons. The fourth-order valence-electron chi connectivity index (χ4n) is 3.37. The van der Waals surface area contributed by atoms with Crippen LogP contribution in [-0.2, 0) is 9.53 Å². The van der Waals surface area contributed by atoms with Gasteiger partial charge in [-0.25, -0.2) is 0 Å². The van der Waals surface area contributed by atoms with Gasteiger partial charge in [-0.15, -0.1) is 0 Å². The van der Waals surface area contributed by atoms with Crippen molar-refractivity contribution in [2.75, 3.05) is 19.6 Å². The molecule has 1 saturated carbocycles. The van der Waals surface area contributed by atoms with Crippen molar-refractivity contribution in [3.8, 4) is 0 Å². The molecule has 0 aromatic heterocycles. The number of carbonyl (C=O) groups is 1. The third-order valence-electron chi connectivity index (χ3n) is 4.41. The minimum Gasteiger partial charge on any atom is -0.461 e. The number of likely N-dealkylation sites (tertiary alicyclic amines) is 1. The molecule has 104 valence electrons. The zero-order valence-corrected chi connectivity index (χ0v) is 11.4. The number of carbonyl (C=O) groups excluding carboxylic acids is 1. The van der Waals surface area contributed by atoms with Gasteiger partial charge in [0.25, 0.3) is 0 Å². The molecule has 0 spiro atoms. The fourth-order valence-corrected chi connectivity index (χ4v) is 3.37. The standard InChI is InChI=1S/C14H26N2O2/c1-11(17)18-14-3-2-8-16(10-14)13-6-4-12(9-15)5-7-13/h12-14H,2-10,15H2,1H3. The number of hydrogen-bond donors (Lipinski definition) is 1. The van der Waals surface area contributed by atoms with Crippen LogP contribution in [0.4, 0.5) is 0 Å². The Labute approximate surface area is 110 Å². The van der Waals surface area contributed by atoms with Crippen LogP contribution in [0.5, 0.6) is 0 Å². The Morgan fingerprint density at radius 3 is 2.61 bits per heavy atom. The van der Waals surface area contributed by atoms with Crippen LogP contribution in [-0.4, -0.2) is 42.6 Å². The molecule has 1 unspecified atom stereocenters. The van der Waals surface area contributed by atoms with Gasteiger partial charge in [-0.1, -0.05) is 0 Å². The Morgan fingerprint density at radius 2 is 2.00 bits per heavy atom. The highest BCUT2D eigenvalue weighted by Crippen LogP contribution is 2.29. The maximum absolute atomic E-state index is 11.0. The number of nitrogens with zero attached hydrogens (tertiary/aromatic N) is 1. The average molecular weight is 254 g/mol. The van der Waals surface area contributed by atoms with Crippen molar-refractivity contribution in [2.24, 2.45) is 11.7 Å². The Hall–Kier alpha value is -0.610. The first kappa shape index (κ1) is 13.8. The van der Waals surface area contributed by atoms with Gasteiger partial charge in [0.1, 0.15) is 6.10 Å². The molecule has 2 fully saturated rings. The number of hydrogen-bond acceptors (Lipinski definition) is 4. The minimum absolute atomic E-state index is 0.114. The SMILES string of the molecule is CC(=O)OC1CCCN(C2CCC(CN)CC2)C1. The van der Waals surface area contributed by atoms with E-state index in [0.717, 1.165) is 38.4 Å². The summed E-state index contributed by atoms with van der Waals surface area (Å²) in [5.41, 5.74) is 5.73. The molecule has 0 bridgehead atoms. The lowest BCUT2D eigenvalue weighted by molar-refractivity contribution is -0.149. The van der Waals surface area contributed by atoms with Crippen molar-refractivity contribution in [1.29, 1.82) is 0 Å². The number of ether oxygens (including phenoxy) is 1. The Kier molecular flexibility index (Phi) is 5.01. The van der Waals surface area contributed by atoms with E-state index in [1.807, 2.05) is 0 Å². The summed E-state index contributed by atoms with van der Waals surface area (Å²) in [6, 6.07) is 0.686. The molecule has 1 atom stereocenters. The van der Waals surface area contributed by atoms with Gasteiger partial charge < -0.3 is 10.5 Å². The van der Waals surface area contributed by atoms with Gasteiger partial charge in [0.2, 0.25) is 0 Å². The third kappa shape index (κ3) is 3.69. The van der Waals surface area contributed by atoms with E-state index in [4.69, 9.17) is 10.5 Å². The highest BCUT2D eigenvalue weighted by atomic mass is 16.5. The zero-order chi connectivity index (χ0) is 13.0. The van der Waals surface area contributed by atoms with Crippen LogP contribution in [0, 0.1) is 5.92 Å². The summed E-state index contributed by atoms with van der Waals surface area (Å²) in [7, 11) is 0. The molecule has 2 N–H and O–H groups in total. The second-order valence-electron chi connectivity index (χ2n) is 5.78. The second kappa shape index (κ2) is 6.53. The van der Waals surface area contributed by atoms with E-state index < -0.39 is 0 Å². The quantitative estimate of drug-likeness (QED) is 0.776. The molecule has 0 amide bonds. The lowest BCUT2D eigenvalue weighted by Gasteiger charge is -2.40. The van der Waals surface area contributed by atoms with Crippen molar-refractivity contribution >= 4 is 5.97 Å². The van der Waals surface area contributed by atoms with Crippen molar-refractivity contribution in [1.82, 2.24) is 4.90 Å². The predicted molar refractivity (Wildman–Crippen MR) is 71.2 cm³/mol. The molecule has 2 aliphatic rings. The average Bonchev–Trinajstić information content (AvgIpc) is 2.38. The summed E-state index contributed by atoms with van der Waals surface area (Å²) >= 11 is 0. The van der Waals surface area contributed by atoms with Crippen LogP contribution in [0.25, 0.3) is 0 Å². The van der Waals surface area contributed by atoms with E-state index in [1.54, 1.807) is 0 Å². The lowest BCUT2D eigenvalue weighted by Crippen LogP contribution is -2.47. The number of rotatable bonds is 3. The zero-order valence-electron chi connectivity index (χ0n) is 11.4. The summed E-state index contributed by atoms with van der Waals surface area (Å²) in [5, 5.41) is 0. The lowest BCUT2D eigenvalue weighted by atomic mass is 9.84. The molecule has 0 aromatic rings. The third-order valence-corrected chi connectivity index (χ3v) is 4.41. The van der Waals surface area contributed by atoms with Crippen molar-refractivity contribution in [2.45, 2.75) is 57.6 Å². The first-order valence-electron chi connectivity index (χ1n) is 7.30. The van der Waals surface area contributed by atoms with Crippen LogP contribution in [0.3, 0.4) is 0 Å². The molecule has 18 heavy (non-hydrogen) atoms. The molecule has 1 aliphatic carbocycles. The summed E-state index contributed by atoms with van der Waals surface area (Å²) in [6.07, 6.45) is 7.32. The van der Waals surface area contributed by atoms with Crippen LogP contribution < -0.4 is 5.73 Å². The molecular formula is C14H26N2O2. The maximum atomic E-state index is 11.0. The van der Waals surface area contributed by atoms with Gasteiger partial charge in [-0.3, -0.25) is 9.69 Å². The smallest absolute Gasteiger partial charge is 0.302 e.